The van der Waals surface area contributed by atoms with Crippen LogP contribution in [0.25, 0.3) is 22.3 Å². The molecule has 0 saturated heterocycles. The van der Waals surface area contributed by atoms with E-state index in [-0.39, 0.29) is 18.2 Å². The van der Waals surface area contributed by atoms with E-state index in [0.717, 1.165) is 29.8 Å². The second-order valence-corrected chi connectivity index (χ2v) is 10.1. The highest BCUT2D eigenvalue weighted by molar-refractivity contribution is 5.95. The Bertz CT molecular complexity index is 1810. The number of carbonyl (C=O) groups is 2. The SMILES string of the molecule is Cn1cc(N(C=O)c2ccccc2-c2ccc(C(F)(F)F)cc2)nc1C(=O)NCc1ccc(-c2ccc(C(F)(F)F)cc2)cc1. The van der Waals surface area contributed by atoms with Crippen molar-refractivity contribution in [2.24, 2.45) is 7.05 Å². The van der Waals surface area contributed by atoms with Crippen LogP contribution in [0.5, 0.6) is 0 Å². The highest BCUT2D eigenvalue weighted by atomic mass is 19.4. The van der Waals surface area contributed by atoms with Gasteiger partial charge < -0.3 is 9.88 Å². The maximum atomic E-state index is 13.1. The Morgan fingerprint density at radius 2 is 1.29 bits per heavy atom. The third kappa shape index (κ3) is 6.90. The molecule has 0 radical (unpaired) electrons. The number of imidazole rings is 1. The summed E-state index contributed by atoms with van der Waals surface area (Å²) in [5.41, 5.74) is 1.79. The van der Waals surface area contributed by atoms with Crippen LogP contribution in [0.15, 0.2) is 103 Å². The average molecular weight is 623 g/mol. The first-order valence-electron chi connectivity index (χ1n) is 13.4. The van der Waals surface area contributed by atoms with Crippen LogP contribution in [0.4, 0.5) is 37.8 Å². The minimum absolute atomic E-state index is 0.00485. The third-order valence-corrected chi connectivity index (χ3v) is 7.06. The molecule has 1 heterocycles. The minimum atomic E-state index is -4.49. The van der Waals surface area contributed by atoms with E-state index in [1.54, 1.807) is 55.6 Å². The van der Waals surface area contributed by atoms with Crippen molar-refractivity contribution in [2.75, 3.05) is 4.90 Å². The summed E-state index contributed by atoms with van der Waals surface area (Å²) in [7, 11) is 1.58. The molecule has 0 bridgehead atoms. The molecule has 0 spiro atoms. The molecule has 1 aromatic heterocycles. The highest BCUT2D eigenvalue weighted by Crippen LogP contribution is 2.36. The lowest BCUT2D eigenvalue weighted by Crippen LogP contribution is -2.25. The second-order valence-electron chi connectivity index (χ2n) is 10.1. The van der Waals surface area contributed by atoms with Gasteiger partial charge in [0.15, 0.2) is 5.82 Å². The van der Waals surface area contributed by atoms with Crippen molar-refractivity contribution in [2.45, 2.75) is 18.9 Å². The molecule has 230 valence electrons. The van der Waals surface area contributed by atoms with E-state index in [9.17, 15) is 35.9 Å². The summed E-state index contributed by atoms with van der Waals surface area (Å²) in [6, 6.07) is 23.0. The summed E-state index contributed by atoms with van der Waals surface area (Å²) in [6.45, 7) is 0.127. The molecular formula is C33H24F6N4O2. The summed E-state index contributed by atoms with van der Waals surface area (Å²) in [4.78, 5) is 30.8. The summed E-state index contributed by atoms with van der Waals surface area (Å²) < 4.78 is 79.1. The van der Waals surface area contributed by atoms with Gasteiger partial charge >= 0.3 is 12.4 Å². The van der Waals surface area contributed by atoms with Gasteiger partial charge in [-0.2, -0.15) is 26.3 Å². The maximum Gasteiger partial charge on any atom is 0.416 e. The number of halogens is 6. The summed E-state index contributed by atoms with van der Waals surface area (Å²) in [6.07, 6.45) is -6.92. The maximum absolute atomic E-state index is 13.1. The lowest BCUT2D eigenvalue weighted by molar-refractivity contribution is -0.138. The van der Waals surface area contributed by atoms with Crippen LogP contribution < -0.4 is 10.2 Å². The Morgan fingerprint density at radius 3 is 1.82 bits per heavy atom. The van der Waals surface area contributed by atoms with Crippen molar-refractivity contribution in [1.29, 1.82) is 0 Å². The van der Waals surface area contributed by atoms with Gasteiger partial charge in [0, 0.05) is 25.4 Å². The predicted molar refractivity (Wildman–Crippen MR) is 156 cm³/mol. The van der Waals surface area contributed by atoms with Crippen LogP contribution in [-0.4, -0.2) is 21.9 Å². The number of para-hydroxylation sites is 1. The zero-order valence-corrected chi connectivity index (χ0v) is 23.5. The van der Waals surface area contributed by atoms with Gasteiger partial charge in [0.25, 0.3) is 5.91 Å². The first-order chi connectivity index (χ1) is 21.3. The minimum Gasteiger partial charge on any atom is -0.345 e. The molecule has 45 heavy (non-hydrogen) atoms. The lowest BCUT2D eigenvalue weighted by Gasteiger charge is -2.19. The van der Waals surface area contributed by atoms with E-state index in [1.165, 1.54) is 39.9 Å². The number of benzene rings is 4. The molecule has 0 aliphatic heterocycles. The number of nitrogens with zero attached hydrogens (tertiary/aromatic N) is 3. The molecule has 0 atom stereocenters. The van der Waals surface area contributed by atoms with Crippen molar-refractivity contribution in [3.8, 4) is 22.3 Å². The van der Waals surface area contributed by atoms with Crippen molar-refractivity contribution < 1.29 is 35.9 Å². The highest BCUT2D eigenvalue weighted by Gasteiger charge is 2.31. The van der Waals surface area contributed by atoms with Gasteiger partial charge in [-0.25, -0.2) is 4.98 Å². The van der Waals surface area contributed by atoms with Crippen LogP contribution >= 0.6 is 0 Å². The fourth-order valence-electron chi connectivity index (χ4n) is 4.71. The molecule has 12 heteroatoms. The third-order valence-electron chi connectivity index (χ3n) is 7.06. The monoisotopic (exact) mass is 622 g/mol. The largest absolute Gasteiger partial charge is 0.416 e. The molecular weight excluding hydrogens is 598 g/mol. The Balaban J connectivity index is 1.29. The van der Waals surface area contributed by atoms with E-state index in [1.807, 2.05) is 0 Å². The number of hydrogen-bond donors (Lipinski definition) is 1. The van der Waals surface area contributed by atoms with Crippen LogP contribution in [0.2, 0.25) is 0 Å². The Kier molecular flexibility index (Phi) is 8.49. The number of anilines is 2. The normalized spacial score (nSPS) is 11.7. The average Bonchev–Trinajstić information content (AvgIpc) is 3.41. The fourth-order valence-corrected chi connectivity index (χ4v) is 4.71. The molecule has 0 aliphatic carbocycles. The number of alkyl halides is 6. The molecule has 0 fully saturated rings. The molecule has 2 amide bonds. The van der Waals surface area contributed by atoms with Crippen LogP contribution in [0.1, 0.15) is 27.3 Å². The standard InChI is InChI=1S/C33H24F6N4O2/c1-42-19-29(43(20-44)28-5-3-2-4-27(28)24-12-16-26(17-13-24)33(37,38)39)41-30(42)31(45)40-18-21-6-8-22(9-7-21)23-10-14-25(15-11-23)32(34,35)36/h2-17,19-20H,18H2,1H3,(H,40,45). The summed E-state index contributed by atoms with van der Waals surface area (Å²) in [5, 5.41) is 2.76. The van der Waals surface area contributed by atoms with E-state index in [0.29, 0.717) is 34.4 Å². The smallest absolute Gasteiger partial charge is 0.345 e. The van der Waals surface area contributed by atoms with Crippen molar-refractivity contribution in [3.05, 3.63) is 126 Å². The lowest BCUT2D eigenvalue weighted by atomic mass is 10.0. The number of carbonyl (C=O) groups excluding carboxylic acids is 2. The van der Waals surface area contributed by atoms with Crippen LogP contribution in [0.3, 0.4) is 0 Å². The van der Waals surface area contributed by atoms with Crippen molar-refractivity contribution in [3.63, 3.8) is 0 Å². The zero-order chi connectivity index (χ0) is 32.4. The second kappa shape index (κ2) is 12.3. The van der Waals surface area contributed by atoms with Gasteiger partial charge in [-0.3, -0.25) is 14.5 Å². The van der Waals surface area contributed by atoms with Gasteiger partial charge in [-0.15, -0.1) is 0 Å². The first-order valence-corrected chi connectivity index (χ1v) is 13.4. The topological polar surface area (TPSA) is 67.2 Å². The summed E-state index contributed by atoms with van der Waals surface area (Å²) >= 11 is 0. The van der Waals surface area contributed by atoms with Crippen LogP contribution in [0, 0.1) is 0 Å². The molecule has 6 nitrogen and oxygen atoms in total. The molecule has 5 rings (SSSR count). The molecule has 4 aromatic carbocycles. The number of amides is 2. The van der Waals surface area contributed by atoms with E-state index in [2.05, 4.69) is 10.3 Å². The Morgan fingerprint density at radius 1 is 0.778 bits per heavy atom. The van der Waals surface area contributed by atoms with Gasteiger partial charge in [0.2, 0.25) is 12.2 Å². The molecule has 1 N–H and O–H groups in total. The number of aromatic nitrogens is 2. The number of hydrogen-bond acceptors (Lipinski definition) is 3. The van der Waals surface area contributed by atoms with Gasteiger partial charge in [-0.05, 0) is 52.6 Å². The molecule has 0 aliphatic rings. The van der Waals surface area contributed by atoms with Crippen molar-refractivity contribution in [1.82, 2.24) is 14.9 Å². The molecule has 5 aromatic rings. The van der Waals surface area contributed by atoms with Crippen molar-refractivity contribution >= 4 is 23.8 Å². The number of nitrogens with one attached hydrogen (secondary N) is 1. The Hall–Kier alpha value is -5.39. The quantitative estimate of drug-likeness (QED) is 0.141. The fraction of sp³-hybridized carbons (Fsp3) is 0.121. The molecule has 0 saturated carbocycles. The van der Waals surface area contributed by atoms with E-state index in [4.69, 9.17) is 0 Å². The first kappa shape index (κ1) is 31.0. The zero-order valence-electron chi connectivity index (χ0n) is 23.5. The Labute approximate surface area is 253 Å². The molecule has 0 unspecified atom stereocenters. The van der Waals surface area contributed by atoms with E-state index < -0.39 is 29.4 Å². The summed E-state index contributed by atoms with van der Waals surface area (Å²) in [5.74, 6) is -0.402. The predicted octanol–water partition coefficient (Wildman–Crippen LogP) is 8.02. The van der Waals surface area contributed by atoms with E-state index >= 15 is 0 Å². The van der Waals surface area contributed by atoms with Gasteiger partial charge in [-0.1, -0.05) is 66.7 Å². The number of aryl methyl sites for hydroxylation is 1. The van der Waals surface area contributed by atoms with Gasteiger partial charge in [0.05, 0.1) is 16.8 Å². The van der Waals surface area contributed by atoms with Crippen LogP contribution in [-0.2, 0) is 30.7 Å². The van der Waals surface area contributed by atoms with Gasteiger partial charge in [0.1, 0.15) is 0 Å². The number of rotatable bonds is 8.